The molecule has 1 heterocycles. The monoisotopic (exact) mass is 356 g/mol. The molecule has 0 radical (unpaired) electrons. The van der Waals surface area contributed by atoms with E-state index in [0.29, 0.717) is 39.1 Å². The summed E-state index contributed by atoms with van der Waals surface area (Å²) >= 11 is 12.2. The first-order valence-corrected chi connectivity index (χ1v) is 9.01. The highest BCUT2D eigenvalue weighted by Crippen LogP contribution is 2.52. The van der Waals surface area contributed by atoms with E-state index in [2.05, 4.69) is 25.7 Å². The minimum absolute atomic E-state index is 0.364. The predicted octanol–water partition coefficient (Wildman–Crippen LogP) is 4.51. The first-order chi connectivity index (χ1) is 10.6. The van der Waals surface area contributed by atoms with Gasteiger partial charge in [0.15, 0.2) is 0 Å². The fraction of sp³-hybridized carbons (Fsp3) is 0.667. The van der Waals surface area contributed by atoms with Gasteiger partial charge in [0.05, 0.1) is 21.8 Å². The van der Waals surface area contributed by atoms with Crippen LogP contribution in [0.2, 0.25) is 10.0 Å². The van der Waals surface area contributed by atoms with Gasteiger partial charge in [0.2, 0.25) is 0 Å². The normalized spacial score (nSPS) is 31.3. The van der Waals surface area contributed by atoms with E-state index in [0.717, 1.165) is 12.1 Å². The first kappa shape index (κ1) is 17.3. The summed E-state index contributed by atoms with van der Waals surface area (Å²) < 4.78 is 0. The van der Waals surface area contributed by atoms with Gasteiger partial charge in [-0.05, 0) is 47.8 Å². The van der Waals surface area contributed by atoms with Gasteiger partial charge in [0, 0.05) is 19.1 Å². The quantitative estimate of drug-likeness (QED) is 0.783. The molecular weight excluding hydrogens is 331 g/mol. The molecule has 3 rings (SSSR count). The van der Waals surface area contributed by atoms with Gasteiger partial charge >= 0.3 is 0 Å². The molecule has 128 valence electrons. The summed E-state index contributed by atoms with van der Waals surface area (Å²) in [7, 11) is 0. The Morgan fingerprint density at radius 1 is 1.26 bits per heavy atom. The number of nitrogens with zero attached hydrogens (tertiary/aromatic N) is 1. The lowest BCUT2D eigenvalue weighted by Crippen LogP contribution is -2.36. The second-order valence-corrected chi connectivity index (χ2v) is 9.37. The van der Waals surface area contributed by atoms with Crippen molar-refractivity contribution in [2.24, 2.45) is 10.8 Å². The van der Waals surface area contributed by atoms with Crippen molar-refractivity contribution >= 4 is 28.9 Å². The lowest BCUT2D eigenvalue weighted by atomic mass is 9.65. The molecule has 1 aromatic carbocycles. The maximum Gasteiger partial charge on any atom is 0.0918 e. The number of nitrogens with two attached hydrogens (primary N) is 1. The van der Waals surface area contributed by atoms with Crippen LogP contribution in [0.5, 0.6) is 0 Å². The fourth-order valence-electron chi connectivity index (χ4n) is 4.91. The van der Waals surface area contributed by atoms with E-state index in [1.165, 1.54) is 19.3 Å². The van der Waals surface area contributed by atoms with Gasteiger partial charge < -0.3 is 10.8 Å². The van der Waals surface area contributed by atoms with Crippen LogP contribution in [-0.2, 0) is 0 Å². The maximum atomic E-state index is 10.7. The molecule has 0 amide bonds. The number of nitrogen functional groups attached to an aromatic ring is 1. The molecule has 1 aliphatic carbocycles. The summed E-state index contributed by atoms with van der Waals surface area (Å²) in [6.07, 6.45) is 3.07. The molecule has 3 unspecified atom stereocenters. The Balaban J connectivity index is 1.75. The molecule has 2 bridgehead atoms. The van der Waals surface area contributed by atoms with Crippen molar-refractivity contribution in [1.29, 1.82) is 0 Å². The molecule has 3 nitrogen and oxygen atoms in total. The molecule has 1 saturated heterocycles. The number of halogens is 2. The number of hydrogen-bond acceptors (Lipinski definition) is 3. The predicted molar refractivity (Wildman–Crippen MR) is 96.9 cm³/mol. The molecule has 1 aromatic rings. The number of anilines is 1. The molecule has 2 aliphatic rings. The summed E-state index contributed by atoms with van der Waals surface area (Å²) in [5.74, 6) is 0. The van der Waals surface area contributed by atoms with Crippen molar-refractivity contribution in [3.63, 3.8) is 0 Å². The zero-order valence-electron chi connectivity index (χ0n) is 14.1. The largest absolute Gasteiger partial charge is 0.396 e. The third-order valence-corrected chi connectivity index (χ3v) is 6.04. The molecule has 0 aromatic heterocycles. The molecule has 3 N–H and O–H groups in total. The summed E-state index contributed by atoms with van der Waals surface area (Å²) in [6.45, 7) is 8.76. The van der Waals surface area contributed by atoms with Gasteiger partial charge in [0.25, 0.3) is 0 Å². The number of likely N-dealkylation sites (tertiary alicyclic amines) is 1. The Morgan fingerprint density at radius 3 is 2.48 bits per heavy atom. The molecule has 2 fully saturated rings. The minimum Gasteiger partial charge on any atom is -0.396 e. The highest BCUT2D eigenvalue weighted by molar-refractivity contribution is 6.38. The number of aliphatic hydroxyl groups is 1. The van der Waals surface area contributed by atoms with Crippen molar-refractivity contribution in [3.8, 4) is 0 Å². The van der Waals surface area contributed by atoms with Gasteiger partial charge in [-0.2, -0.15) is 0 Å². The number of β-amino-alcohol motifs (C(OH)–C–C–N with tert-alkyl or cyclic N) is 1. The third-order valence-electron chi connectivity index (χ3n) is 5.42. The second kappa shape index (κ2) is 5.80. The van der Waals surface area contributed by atoms with E-state index in [9.17, 15) is 5.11 Å². The van der Waals surface area contributed by atoms with Gasteiger partial charge in [-0.3, -0.25) is 4.90 Å². The lowest BCUT2D eigenvalue weighted by molar-refractivity contribution is 0.0921. The number of fused-ring (bicyclic) bond motifs is 2. The Bertz CT molecular complexity index is 596. The standard InChI is InChI=1S/C18H26Cl2N2O/c1-17(2)6-12-7-18(3,9-17)10-22(12)8-15(23)11-4-13(19)16(21)14(20)5-11/h4-5,12,15,23H,6-10,21H2,1-3H3. The van der Waals surface area contributed by atoms with E-state index < -0.39 is 6.10 Å². The van der Waals surface area contributed by atoms with Crippen molar-refractivity contribution < 1.29 is 5.11 Å². The summed E-state index contributed by atoms with van der Waals surface area (Å²) in [5.41, 5.74) is 7.63. The lowest BCUT2D eigenvalue weighted by Gasteiger charge is -2.40. The van der Waals surface area contributed by atoms with Gasteiger partial charge in [0.1, 0.15) is 0 Å². The van der Waals surface area contributed by atoms with Crippen LogP contribution in [0.4, 0.5) is 5.69 Å². The smallest absolute Gasteiger partial charge is 0.0918 e. The van der Waals surface area contributed by atoms with Gasteiger partial charge in [-0.1, -0.05) is 44.0 Å². The van der Waals surface area contributed by atoms with E-state index in [1.807, 2.05) is 0 Å². The van der Waals surface area contributed by atoms with Crippen molar-refractivity contribution in [3.05, 3.63) is 27.7 Å². The molecule has 1 aliphatic heterocycles. The number of benzene rings is 1. The molecule has 3 atom stereocenters. The van der Waals surface area contributed by atoms with Crippen LogP contribution < -0.4 is 5.73 Å². The molecular formula is C18H26Cl2N2O. The zero-order chi connectivity index (χ0) is 17.0. The third kappa shape index (κ3) is 3.48. The maximum absolute atomic E-state index is 10.7. The Kier molecular flexibility index (Phi) is 4.38. The van der Waals surface area contributed by atoms with E-state index >= 15 is 0 Å². The van der Waals surface area contributed by atoms with Crippen molar-refractivity contribution in [2.45, 2.75) is 52.2 Å². The highest BCUT2D eigenvalue weighted by Gasteiger charge is 2.49. The first-order valence-electron chi connectivity index (χ1n) is 8.25. The SMILES string of the molecule is CC1(C)CC2CC(C)(CN2CC(O)c2cc(Cl)c(N)c(Cl)c2)C1. The van der Waals surface area contributed by atoms with Crippen LogP contribution in [0.15, 0.2) is 12.1 Å². The fourth-order valence-corrected chi connectivity index (χ4v) is 5.42. The Morgan fingerprint density at radius 2 is 1.87 bits per heavy atom. The van der Waals surface area contributed by atoms with Gasteiger partial charge in [-0.15, -0.1) is 0 Å². The summed E-state index contributed by atoms with van der Waals surface area (Å²) in [5, 5.41) is 11.5. The van der Waals surface area contributed by atoms with Crippen LogP contribution in [0.25, 0.3) is 0 Å². The average Bonchev–Trinajstić information content (AvgIpc) is 2.64. The molecule has 23 heavy (non-hydrogen) atoms. The second-order valence-electron chi connectivity index (χ2n) is 8.56. The molecule has 0 spiro atoms. The summed E-state index contributed by atoms with van der Waals surface area (Å²) in [4.78, 5) is 2.44. The Labute approximate surface area is 148 Å². The number of aliphatic hydroxyl groups excluding tert-OH is 1. The minimum atomic E-state index is -0.600. The van der Waals surface area contributed by atoms with E-state index in [4.69, 9.17) is 28.9 Å². The van der Waals surface area contributed by atoms with Crippen molar-refractivity contribution in [1.82, 2.24) is 4.90 Å². The summed E-state index contributed by atoms with van der Waals surface area (Å²) in [6, 6.07) is 4.00. The average molecular weight is 357 g/mol. The molecule has 1 saturated carbocycles. The van der Waals surface area contributed by atoms with Crippen LogP contribution in [0, 0.1) is 10.8 Å². The number of rotatable bonds is 3. The Hall–Kier alpha value is -0.480. The van der Waals surface area contributed by atoms with E-state index in [1.54, 1.807) is 12.1 Å². The van der Waals surface area contributed by atoms with Crippen molar-refractivity contribution in [2.75, 3.05) is 18.8 Å². The topological polar surface area (TPSA) is 49.5 Å². The van der Waals surface area contributed by atoms with Crippen LogP contribution >= 0.6 is 23.2 Å². The van der Waals surface area contributed by atoms with Crippen LogP contribution in [-0.4, -0.2) is 29.1 Å². The van der Waals surface area contributed by atoms with Crippen LogP contribution in [0.1, 0.15) is 51.7 Å². The van der Waals surface area contributed by atoms with Crippen LogP contribution in [0.3, 0.4) is 0 Å². The zero-order valence-corrected chi connectivity index (χ0v) is 15.6. The van der Waals surface area contributed by atoms with Gasteiger partial charge in [-0.25, -0.2) is 0 Å². The molecule has 5 heteroatoms. The number of hydrogen-bond donors (Lipinski definition) is 2. The highest BCUT2D eigenvalue weighted by atomic mass is 35.5. The van der Waals surface area contributed by atoms with E-state index in [-0.39, 0.29) is 0 Å².